The van der Waals surface area contributed by atoms with E-state index in [1.165, 1.54) is 16.8 Å². The number of nitrogens with one attached hydrogen (secondary N) is 1. The third-order valence-corrected chi connectivity index (χ3v) is 3.93. The van der Waals surface area contributed by atoms with Gasteiger partial charge < -0.3 is 10.2 Å². The number of nitrogens with zero attached hydrogens (tertiary/aromatic N) is 3. The Balaban J connectivity index is 2.09. The van der Waals surface area contributed by atoms with Crippen molar-refractivity contribution >= 4 is 17.3 Å². The van der Waals surface area contributed by atoms with E-state index in [0.717, 1.165) is 31.1 Å². The highest BCUT2D eigenvalue weighted by Gasteiger charge is 2.25. The zero-order chi connectivity index (χ0) is 14.8. The lowest BCUT2D eigenvalue weighted by atomic mass is 10.0. The Hall–Kier alpha value is -2.10. The molecule has 0 unspecified atom stereocenters. The lowest BCUT2D eigenvalue weighted by Gasteiger charge is -2.24. The van der Waals surface area contributed by atoms with Gasteiger partial charge in [-0.15, -0.1) is 0 Å². The molecule has 2 heterocycles. The van der Waals surface area contributed by atoms with Gasteiger partial charge in [-0.3, -0.25) is 0 Å². The molecule has 0 saturated heterocycles. The number of benzene rings is 1. The van der Waals surface area contributed by atoms with Crippen molar-refractivity contribution in [3.63, 3.8) is 0 Å². The molecule has 0 bridgehead atoms. The summed E-state index contributed by atoms with van der Waals surface area (Å²) in [6.45, 7) is 8.35. The van der Waals surface area contributed by atoms with Gasteiger partial charge >= 0.3 is 0 Å². The molecule has 21 heavy (non-hydrogen) atoms. The fourth-order valence-electron chi connectivity index (χ4n) is 3.00. The van der Waals surface area contributed by atoms with Gasteiger partial charge in [0.2, 0.25) is 0 Å². The fourth-order valence-corrected chi connectivity index (χ4v) is 3.00. The van der Waals surface area contributed by atoms with Gasteiger partial charge in [0.25, 0.3) is 0 Å². The van der Waals surface area contributed by atoms with Crippen LogP contribution in [-0.4, -0.2) is 23.1 Å². The Morgan fingerprint density at radius 1 is 1.24 bits per heavy atom. The van der Waals surface area contributed by atoms with Crippen LogP contribution < -0.4 is 10.2 Å². The first kappa shape index (κ1) is 13.9. The van der Waals surface area contributed by atoms with E-state index >= 15 is 0 Å². The first-order chi connectivity index (χ1) is 10.2. The smallest absolute Gasteiger partial charge is 0.142 e. The molecule has 1 aromatic carbocycles. The molecule has 1 aliphatic rings. The molecular formula is C17H22N4. The maximum atomic E-state index is 4.60. The molecule has 4 nitrogen and oxygen atoms in total. The first-order valence-electron chi connectivity index (χ1n) is 7.66. The zero-order valence-corrected chi connectivity index (χ0v) is 12.9. The van der Waals surface area contributed by atoms with Crippen LogP contribution in [0.15, 0.2) is 30.6 Å². The summed E-state index contributed by atoms with van der Waals surface area (Å²) in [5.74, 6) is 2.38. The number of hydrogen-bond donors (Lipinski definition) is 1. The van der Waals surface area contributed by atoms with Gasteiger partial charge in [0, 0.05) is 24.3 Å². The van der Waals surface area contributed by atoms with Gasteiger partial charge in [-0.25, -0.2) is 9.97 Å². The van der Waals surface area contributed by atoms with Crippen molar-refractivity contribution in [3.05, 3.63) is 41.7 Å². The van der Waals surface area contributed by atoms with Gasteiger partial charge in [-0.2, -0.15) is 0 Å². The standard InChI is InChI=1S/C17H22N4/c1-4-18-16-15(12(2)3)17(20-11-19-16)21-10-9-13-7-5-6-8-14(13)21/h5-8,11-12H,4,9-10H2,1-3H3,(H,18,19,20). The Labute approximate surface area is 126 Å². The van der Waals surface area contributed by atoms with Crippen LogP contribution in [0, 0.1) is 0 Å². The van der Waals surface area contributed by atoms with E-state index in [9.17, 15) is 0 Å². The number of rotatable bonds is 4. The summed E-state index contributed by atoms with van der Waals surface area (Å²) in [7, 11) is 0. The predicted molar refractivity (Wildman–Crippen MR) is 87.4 cm³/mol. The summed E-state index contributed by atoms with van der Waals surface area (Å²) >= 11 is 0. The lowest BCUT2D eigenvalue weighted by Crippen LogP contribution is -2.19. The van der Waals surface area contributed by atoms with Gasteiger partial charge in [-0.05, 0) is 30.9 Å². The van der Waals surface area contributed by atoms with Crippen molar-refractivity contribution in [2.45, 2.75) is 33.1 Å². The van der Waals surface area contributed by atoms with Crippen LogP contribution in [0.3, 0.4) is 0 Å². The summed E-state index contributed by atoms with van der Waals surface area (Å²) in [6, 6.07) is 8.59. The maximum Gasteiger partial charge on any atom is 0.142 e. The second-order valence-corrected chi connectivity index (χ2v) is 5.67. The molecule has 0 spiro atoms. The Bertz CT molecular complexity index is 636. The van der Waals surface area contributed by atoms with Gasteiger partial charge in [0.05, 0.1) is 0 Å². The molecule has 0 aliphatic carbocycles. The monoisotopic (exact) mass is 282 g/mol. The van der Waals surface area contributed by atoms with Crippen molar-refractivity contribution in [1.29, 1.82) is 0 Å². The van der Waals surface area contributed by atoms with E-state index in [0.29, 0.717) is 5.92 Å². The van der Waals surface area contributed by atoms with Crippen LogP contribution in [0.1, 0.15) is 37.8 Å². The molecule has 1 aliphatic heterocycles. The van der Waals surface area contributed by atoms with E-state index in [2.05, 4.69) is 65.2 Å². The minimum atomic E-state index is 0.378. The van der Waals surface area contributed by atoms with Crippen molar-refractivity contribution in [2.75, 3.05) is 23.3 Å². The molecule has 0 saturated carbocycles. The highest BCUT2D eigenvalue weighted by atomic mass is 15.2. The number of para-hydroxylation sites is 1. The van der Waals surface area contributed by atoms with E-state index < -0.39 is 0 Å². The summed E-state index contributed by atoms with van der Waals surface area (Å²) in [5.41, 5.74) is 3.88. The van der Waals surface area contributed by atoms with Crippen LogP contribution >= 0.6 is 0 Å². The Kier molecular flexibility index (Phi) is 3.78. The molecule has 4 heteroatoms. The molecule has 2 aromatic rings. The largest absolute Gasteiger partial charge is 0.370 e. The molecule has 1 N–H and O–H groups in total. The molecule has 0 amide bonds. The van der Waals surface area contributed by atoms with E-state index in [1.807, 2.05) is 0 Å². The Morgan fingerprint density at radius 3 is 2.81 bits per heavy atom. The van der Waals surface area contributed by atoms with Crippen molar-refractivity contribution in [3.8, 4) is 0 Å². The minimum Gasteiger partial charge on any atom is -0.370 e. The third kappa shape index (κ3) is 2.46. The van der Waals surface area contributed by atoms with Crippen LogP contribution in [-0.2, 0) is 6.42 Å². The third-order valence-electron chi connectivity index (χ3n) is 3.93. The Morgan fingerprint density at radius 2 is 2.05 bits per heavy atom. The molecular weight excluding hydrogens is 260 g/mol. The average Bonchev–Trinajstić information content (AvgIpc) is 2.91. The van der Waals surface area contributed by atoms with Crippen LogP contribution in [0.2, 0.25) is 0 Å². The SMILES string of the molecule is CCNc1ncnc(N2CCc3ccccc32)c1C(C)C. The van der Waals surface area contributed by atoms with Crippen molar-refractivity contribution in [1.82, 2.24) is 9.97 Å². The average molecular weight is 282 g/mol. The highest BCUT2D eigenvalue weighted by molar-refractivity contribution is 5.72. The normalized spacial score (nSPS) is 13.6. The highest BCUT2D eigenvalue weighted by Crippen LogP contribution is 2.38. The molecule has 110 valence electrons. The van der Waals surface area contributed by atoms with Gasteiger partial charge in [0.15, 0.2) is 0 Å². The maximum absolute atomic E-state index is 4.60. The number of aromatic nitrogens is 2. The van der Waals surface area contributed by atoms with Crippen LogP contribution in [0.4, 0.5) is 17.3 Å². The number of anilines is 3. The molecule has 0 fully saturated rings. The van der Waals surface area contributed by atoms with E-state index in [4.69, 9.17) is 0 Å². The molecule has 1 aromatic heterocycles. The summed E-state index contributed by atoms with van der Waals surface area (Å²) in [5, 5.41) is 3.37. The quantitative estimate of drug-likeness (QED) is 0.927. The second kappa shape index (κ2) is 5.72. The van der Waals surface area contributed by atoms with E-state index in [-0.39, 0.29) is 0 Å². The summed E-state index contributed by atoms with van der Waals surface area (Å²) in [4.78, 5) is 11.4. The van der Waals surface area contributed by atoms with Gasteiger partial charge in [-0.1, -0.05) is 32.0 Å². The first-order valence-corrected chi connectivity index (χ1v) is 7.66. The fraction of sp³-hybridized carbons (Fsp3) is 0.412. The van der Waals surface area contributed by atoms with Gasteiger partial charge in [0.1, 0.15) is 18.0 Å². The number of hydrogen-bond acceptors (Lipinski definition) is 4. The molecule has 0 atom stereocenters. The molecule has 0 radical (unpaired) electrons. The van der Waals surface area contributed by atoms with Crippen molar-refractivity contribution in [2.24, 2.45) is 0 Å². The minimum absolute atomic E-state index is 0.378. The zero-order valence-electron chi connectivity index (χ0n) is 12.9. The molecule has 3 rings (SSSR count). The predicted octanol–water partition coefficient (Wildman–Crippen LogP) is 3.73. The van der Waals surface area contributed by atoms with E-state index in [1.54, 1.807) is 6.33 Å². The second-order valence-electron chi connectivity index (χ2n) is 5.67. The van der Waals surface area contributed by atoms with Crippen LogP contribution in [0.25, 0.3) is 0 Å². The van der Waals surface area contributed by atoms with Crippen molar-refractivity contribution < 1.29 is 0 Å². The summed E-state index contributed by atoms with van der Waals surface area (Å²) < 4.78 is 0. The van der Waals surface area contributed by atoms with Crippen LogP contribution in [0.5, 0.6) is 0 Å². The topological polar surface area (TPSA) is 41.1 Å². The lowest BCUT2D eigenvalue weighted by molar-refractivity contribution is 0.830. The number of fused-ring (bicyclic) bond motifs is 1. The summed E-state index contributed by atoms with van der Waals surface area (Å²) in [6.07, 6.45) is 2.74.